The van der Waals surface area contributed by atoms with Crippen LogP contribution in [-0.4, -0.2) is 41.3 Å². The van der Waals surface area contributed by atoms with E-state index in [4.69, 9.17) is 0 Å². The van der Waals surface area contributed by atoms with Crippen LogP contribution < -0.4 is 10.0 Å². The highest BCUT2D eigenvalue weighted by Gasteiger charge is 2.20. The number of nitrogens with zero attached hydrogens (tertiary/aromatic N) is 4. The van der Waals surface area contributed by atoms with Crippen LogP contribution in [0.1, 0.15) is 41.7 Å². The van der Waals surface area contributed by atoms with Gasteiger partial charge < -0.3 is 5.32 Å². The van der Waals surface area contributed by atoms with Crippen LogP contribution in [0, 0.1) is 6.92 Å². The van der Waals surface area contributed by atoms with Crippen molar-refractivity contribution in [2.75, 3.05) is 11.9 Å². The lowest BCUT2D eigenvalue weighted by Gasteiger charge is -2.11. The lowest BCUT2D eigenvalue weighted by Crippen LogP contribution is -2.30. The largest absolute Gasteiger partial charge is 0.322 e. The summed E-state index contributed by atoms with van der Waals surface area (Å²) in [6.45, 7) is 2.35. The molecule has 0 bridgehead atoms. The van der Waals surface area contributed by atoms with Gasteiger partial charge in [-0.2, -0.15) is 5.10 Å². The topological polar surface area (TPSA) is 118 Å². The van der Waals surface area contributed by atoms with Gasteiger partial charge in [0.2, 0.25) is 0 Å². The van der Waals surface area contributed by atoms with E-state index in [1.165, 1.54) is 16.6 Å². The number of aryl methyl sites for hydroxylation is 1. The first-order valence-electron chi connectivity index (χ1n) is 9.71. The van der Waals surface area contributed by atoms with Crippen molar-refractivity contribution in [2.24, 2.45) is 4.99 Å². The van der Waals surface area contributed by atoms with Gasteiger partial charge in [0.25, 0.3) is 15.9 Å². The number of aromatic nitrogens is 3. The highest BCUT2D eigenvalue weighted by atomic mass is 32.2. The number of rotatable bonds is 4. The van der Waals surface area contributed by atoms with Crippen molar-refractivity contribution in [3.63, 3.8) is 0 Å². The second-order valence-electron chi connectivity index (χ2n) is 7.07. The zero-order chi connectivity index (χ0) is 21.1. The van der Waals surface area contributed by atoms with Crippen molar-refractivity contribution in [1.29, 1.82) is 0 Å². The molecule has 2 aromatic heterocycles. The Morgan fingerprint density at radius 2 is 2.03 bits per heavy atom. The third-order valence-electron chi connectivity index (χ3n) is 4.83. The summed E-state index contributed by atoms with van der Waals surface area (Å²) in [5, 5.41) is 7.03. The van der Waals surface area contributed by atoms with Crippen LogP contribution in [0.2, 0.25) is 0 Å². The maximum atomic E-state index is 12.8. The Morgan fingerprint density at radius 1 is 1.17 bits per heavy atom. The van der Waals surface area contributed by atoms with Crippen LogP contribution in [0.25, 0.3) is 5.65 Å². The van der Waals surface area contributed by atoms with Gasteiger partial charge in [-0.1, -0.05) is 12.5 Å². The molecule has 3 heterocycles. The molecule has 0 radical (unpaired) electrons. The van der Waals surface area contributed by atoms with Gasteiger partial charge in [0.1, 0.15) is 11.4 Å². The molecule has 0 aliphatic carbocycles. The molecule has 10 heteroatoms. The molecular formula is C20H22N6O3S. The van der Waals surface area contributed by atoms with Crippen molar-refractivity contribution in [2.45, 2.75) is 37.5 Å². The number of aliphatic imine (C=N–C) groups is 1. The zero-order valence-electron chi connectivity index (χ0n) is 16.5. The number of anilines is 1. The molecule has 0 saturated heterocycles. The van der Waals surface area contributed by atoms with Crippen molar-refractivity contribution in [1.82, 2.24) is 19.3 Å². The fraction of sp³-hybridized carbons (Fsp3) is 0.300. The van der Waals surface area contributed by atoms with E-state index in [0.29, 0.717) is 41.4 Å². The molecule has 30 heavy (non-hydrogen) atoms. The Morgan fingerprint density at radius 3 is 2.90 bits per heavy atom. The number of benzene rings is 1. The van der Waals surface area contributed by atoms with Crippen LogP contribution in [0.3, 0.4) is 0 Å². The summed E-state index contributed by atoms with van der Waals surface area (Å²) in [6.07, 6.45) is 6.81. The van der Waals surface area contributed by atoms with E-state index in [9.17, 15) is 13.2 Å². The lowest BCUT2D eigenvalue weighted by atomic mass is 10.2. The van der Waals surface area contributed by atoms with Gasteiger partial charge in [0.05, 0.1) is 10.6 Å². The van der Waals surface area contributed by atoms with Gasteiger partial charge in [0, 0.05) is 31.0 Å². The van der Waals surface area contributed by atoms with E-state index in [2.05, 4.69) is 25.1 Å². The van der Waals surface area contributed by atoms with Gasteiger partial charge >= 0.3 is 0 Å². The molecule has 4 rings (SSSR count). The van der Waals surface area contributed by atoms with Crippen molar-refractivity contribution >= 4 is 33.1 Å². The van der Waals surface area contributed by atoms with E-state index in [-0.39, 0.29) is 4.90 Å². The van der Waals surface area contributed by atoms with E-state index in [0.717, 1.165) is 19.3 Å². The van der Waals surface area contributed by atoms with Crippen LogP contribution in [0.5, 0.6) is 0 Å². The summed E-state index contributed by atoms with van der Waals surface area (Å²) >= 11 is 0. The predicted molar refractivity (Wildman–Crippen MR) is 113 cm³/mol. The predicted octanol–water partition coefficient (Wildman–Crippen LogP) is 2.54. The number of fused-ring (bicyclic) bond motifs is 1. The van der Waals surface area contributed by atoms with E-state index in [1.54, 1.807) is 37.5 Å². The Kier molecular flexibility index (Phi) is 5.49. The van der Waals surface area contributed by atoms with Gasteiger partial charge in [-0.15, -0.1) is 0 Å². The number of carbonyl (C=O) groups is 1. The molecule has 1 amide bonds. The SMILES string of the molecule is Cc1nn2cccnc2c1C(=O)Nc1cccc(S(=O)(=O)NC2=NCCCCC2)c1. The molecule has 2 N–H and O–H groups in total. The molecule has 0 unspecified atom stereocenters. The van der Waals surface area contributed by atoms with Crippen LogP contribution in [-0.2, 0) is 10.0 Å². The monoisotopic (exact) mass is 426 g/mol. The highest BCUT2D eigenvalue weighted by molar-refractivity contribution is 7.90. The van der Waals surface area contributed by atoms with E-state index in [1.807, 2.05) is 0 Å². The molecule has 3 aromatic rings. The number of amidine groups is 1. The number of hydrogen-bond acceptors (Lipinski definition) is 6. The molecule has 9 nitrogen and oxygen atoms in total. The summed E-state index contributed by atoms with van der Waals surface area (Å²) in [4.78, 5) is 21.4. The highest BCUT2D eigenvalue weighted by Crippen LogP contribution is 2.19. The minimum absolute atomic E-state index is 0.0574. The third-order valence-corrected chi connectivity index (χ3v) is 6.20. The van der Waals surface area contributed by atoms with Crippen molar-refractivity contribution in [3.05, 3.63) is 54.0 Å². The summed E-state index contributed by atoms with van der Waals surface area (Å²) < 4.78 is 29.7. The van der Waals surface area contributed by atoms with Gasteiger partial charge in [-0.05, 0) is 44.0 Å². The summed E-state index contributed by atoms with van der Waals surface area (Å²) in [6, 6.07) is 7.85. The Hall–Kier alpha value is -3.27. The molecule has 0 atom stereocenters. The second-order valence-corrected chi connectivity index (χ2v) is 8.76. The molecule has 0 spiro atoms. The zero-order valence-corrected chi connectivity index (χ0v) is 17.3. The van der Waals surface area contributed by atoms with E-state index >= 15 is 0 Å². The molecule has 1 aliphatic heterocycles. The third kappa shape index (κ3) is 4.18. The first kappa shape index (κ1) is 20.0. The number of carbonyl (C=O) groups excluding carboxylic acids is 1. The summed E-state index contributed by atoms with van der Waals surface area (Å²) in [5.41, 5.74) is 1.67. The normalized spacial score (nSPS) is 14.8. The van der Waals surface area contributed by atoms with Crippen molar-refractivity contribution < 1.29 is 13.2 Å². The minimum atomic E-state index is -3.79. The number of sulfonamides is 1. The summed E-state index contributed by atoms with van der Waals surface area (Å²) in [7, 11) is -3.79. The molecular weight excluding hydrogens is 404 g/mol. The van der Waals surface area contributed by atoms with Crippen LogP contribution >= 0.6 is 0 Å². The first-order valence-corrected chi connectivity index (χ1v) is 11.2. The number of hydrogen-bond donors (Lipinski definition) is 2. The summed E-state index contributed by atoms with van der Waals surface area (Å²) in [5.74, 6) is 0.0758. The maximum Gasteiger partial charge on any atom is 0.262 e. The van der Waals surface area contributed by atoms with Gasteiger partial charge in [-0.3, -0.25) is 14.5 Å². The Balaban J connectivity index is 1.56. The fourth-order valence-electron chi connectivity index (χ4n) is 3.37. The van der Waals surface area contributed by atoms with Crippen LogP contribution in [0.15, 0.2) is 52.6 Å². The quantitative estimate of drug-likeness (QED) is 0.665. The lowest BCUT2D eigenvalue weighted by molar-refractivity contribution is 0.102. The number of amides is 1. The Labute approximate surface area is 174 Å². The van der Waals surface area contributed by atoms with Gasteiger partial charge in [0.15, 0.2) is 5.65 Å². The Bertz CT molecular complexity index is 1230. The average Bonchev–Trinajstić information content (AvgIpc) is 2.86. The second kappa shape index (κ2) is 8.23. The smallest absolute Gasteiger partial charge is 0.262 e. The molecule has 156 valence electrons. The maximum absolute atomic E-state index is 12.8. The van der Waals surface area contributed by atoms with Gasteiger partial charge in [-0.25, -0.2) is 17.9 Å². The molecule has 1 aliphatic rings. The first-order chi connectivity index (χ1) is 14.4. The fourth-order valence-corrected chi connectivity index (χ4v) is 4.50. The van der Waals surface area contributed by atoms with E-state index < -0.39 is 15.9 Å². The van der Waals surface area contributed by atoms with Crippen molar-refractivity contribution in [3.8, 4) is 0 Å². The number of nitrogens with one attached hydrogen (secondary N) is 2. The minimum Gasteiger partial charge on any atom is -0.322 e. The average molecular weight is 427 g/mol. The molecule has 0 saturated carbocycles. The molecule has 0 fully saturated rings. The molecule has 1 aromatic carbocycles. The van der Waals surface area contributed by atoms with Crippen LogP contribution in [0.4, 0.5) is 5.69 Å². The standard InChI is InChI=1S/C20H22N6O3S/c1-14-18(19-22-11-6-12-26(19)24-14)20(27)23-15-7-5-8-16(13-15)30(28,29)25-17-9-3-2-4-10-21-17/h5-8,11-13H,2-4,9-10H2,1H3,(H,21,25)(H,23,27).